The van der Waals surface area contributed by atoms with Crippen LogP contribution in [0.4, 0.5) is 0 Å². The van der Waals surface area contributed by atoms with Gasteiger partial charge in [-0.3, -0.25) is 9.69 Å². The molecule has 0 bridgehead atoms. The van der Waals surface area contributed by atoms with E-state index in [4.69, 9.17) is 0 Å². The van der Waals surface area contributed by atoms with Crippen LogP contribution in [0, 0.1) is 18.3 Å². The lowest BCUT2D eigenvalue weighted by molar-refractivity contribution is -0.131. The van der Waals surface area contributed by atoms with Gasteiger partial charge in [-0.2, -0.15) is 0 Å². The Morgan fingerprint density at radius 1 is 1.20 bits per heavy atom. The molecule has 1 aromatic heterocycles. The topological polar surface area (TPSA) is 23.6 Å². The van der Waals surface area contributed by atoms with Gasteiger partial charge in [-0.25, -0.2) is 0 Å². The Labute approximate surface area is 157 Å². The molecule has 1 saturated carbocycles. The summed E-state index contributed by atoms with van der Waals surface area (Å²) in [4.78, 5) is 20.0. The van der Waals surface area contributed by atoms with E-state index in [0.717, 1.165) is 13.1 Å². The fraction of sp³-hybridized carbons (Fsp3) is 0.762. The first-order valence-corrected chi connectivity index (χ1v) is 10.6. The minimum absolute atomic E-state index is 0.194. The third-order valence-electron chi connectivity index (χ3n) is 6.57. The molecule has 140 valence electrons. The molecular weight excluding hydrogens is 328 g/mol. The van der Waals surface area contributed by atoms with Gasteiger partial charge in [-0.15, -0.1) is 11.3 Å². The summed E-state index contributed by atoms with van der Waals surface area (Å²) in [5, 5.41) is 0. The van der Waals surface area contributed by atoms with Gasteiger partial charge in [0.1, 0.15) is 0 Å². The normalized spacial score (nSPS) is 30.0. The predicted molar refractivity (Wildman–Crippen MR) is 106 cm³/mol. The third kappa shape index (κ3) is 3.66. The van der Waals surface area contributed by atoms with Gasteiger partial charge in [0.2, 0.25) is 5.91 Å². The summed E-state index contributed by atoms with van der Waals surface area (Å²) in [7, 11) is 4.47. The summed E-state index contributed by atoms with van der Waals surface area (Å²) in [6.45, 7) is 8.44. The van der Waals surface area contributed by atoms with Gasteiger partial charge < -0.3 is 4.90 Å². The van der Waals surface area contributed by atoms with Crippen molar-refractivity contribution in [2.24, 2.45) is 11.3 Å². The van der Waals surface area contributed by atoms with E-state index >= 15 is 0 Å². The molecule has 1 aromatic rings. The Bertz CT molecular complexity index is 611. The molecule has 25 heavy (non-hydrogen) atoms. The number of nitrogens with zero attached hydrogens (tertiary/aromatic N) is 2. The Hall–Kier alpha value is -0.870. The molecule has 3 rings (SSSR count). The van der Waals surface area contributed by atoms with Crippen molar-refractivity contribution in [3.63, 3.8) is 0 Å². The quantitative estimate of drug-likeness (QED) is 0.778. The first-order valence-electron chi connectivity index (χ1n) is 9.78. The first-order chi connectivity index (χ1) is 11.8. The van der Waals surface area contributed by atoms with Gasteiger partial charge in [0, 0.05) is 29.3 Å². The number of rotatable bonds is 4. The average molecular weight is 363 g/mol. The molecule has 1 spiro atoms. The van der Waals surface area contributed by atoms with Gasteiger partial charge in [-0.05, 0) is 76.6 Å². The molecule has 2 heterocycles. The smallest absolute Gasteiger partial charge is 0.222 e. The van der Waals surface area contributed by atoms with E-state index in [1.807, 2.05) is 11.3 Å². The van der Waals surface area contributed by atoms with Crippen LogP contribution in [-0.2, 0) is 10.3 Å². The highest BCUT2D eigenvalue weighted by Gasteiger charge is 2.48. The van der Waals surface area contributed by atoms with Crippen LogP contribution in [-0.4, -0.2) is 42.9 Å². The summed E-state index contributed by atoms with van der Waals surface area (Å²) < 4.78 is 0. The van der Waals surface area contributed by atoms with Crippen LogP contribution in [0.1, 0.15) is 62.1 Å². The molecule has 4 heteroatoms. The third-order valence-corrected chi connectivity index (χ3v) is 7.76. The number of likely N-dealkylation sites (tertiary alicyclic amines) is 1. The number of hydrogen-bond donors (Lipinski definition) is 0. The number of hydrogen-bond acceptors (Lipinski definition) is 3. The molecule has 0 N–H and O–H groups in total. The zero-order chi connectivity index (χ0) is 18.2. The standard InChI is InChI=1S/C21H34N2OS/c1-16(2)14-19(24)23-13-12-20(15-23)8-10-21(11-9-20,22(4)5)18-7-6-17(3)25-18/h6-7,16H,8-15H2,1-5H3. The highest BCUT2D eigenvalue weighted by atomic mass is 32.1. The Morgan fingerprint density at radius 3 is 2.40 bits per heavy atom. The lowest BCUT2D eigenvalue weighted by Gasteiger charge is -2.48. The summed E-state index contributed by atoms with van der Waals surface area (Å²) in [5.41, 5.74) is 0.567. The van der Waals surface area contributed by atoms with Crippen LogP contribution in [0.5, 0.6) is 0 Å². The molecule has 1 amide bonds. The molecule has 1 saturated heterocycles. The van der Waals surface area contributed by atoms with E-state index in [0.29, 0.717) is 23.7 Å². The zero-order valence-corrected chi connectivity index (χ0v) is 17.4. The second-order valence-corrected chi connectivity index (χ2v) is 10.3. The van der Waals surface area contributed by atoms with E-state index in [-0.39, 0.29) is 5.54 Å². The van der Waals surface area contributed by atoms with E-state index in [2.05, 4.69) is 56.8 Å². The van der Waals surface area contributed by atoms with E-state index < -0.39 is 0 Å². The van der Waals surface area contributed by atoms with Crippen LogP contribution in [0.15, 0.2) is 12.1 Å². The molecule has 0 atom stereocenters. The number of carbonyl (C=O) groups excluding carboxylic acids is 1. The summed E-state index contributed by atoms with van der Waals surface area (Å²) in [6, 6.07) is 4.60. The van der Waals surface area contributed by atoms with Crippen molar-refractivity contribution in [2.75, 3.05) is 27.2 Å². The Balaban J connectivity index is 1.69. The van der Waals surface area contributed by atoms with Crippen molar-refractivity contribution in [3.8, 4) is 0 Å². The molecule has 0 radical (unpaired) electrons. The SMILES string of the molecule is Cc1ccc(C2(N(C)C)CCC3(CCN(C(=O)CC(C)C)C3)CC2)s1. The van der Waals surface area contributed by atoms with Crippen molar-refractivity contribution in [1.29, 1.82) is 0 Å². The van der Waals surface area contributed by atoms with E-state index in [1.165, 1.54) is 41.9 Å². The zero-order valence-electron chi connectivity index (χ0n) is 16.6. The van der Waals surface area contributed by atoms with Gasteiger partial charge >= 0.3 is 0 Å². The number of thiophene rings is 1. The fourth-order valence-corrected chi connectivity index (χ4v) is 6.02. The molecule has 0 unspecified atom stereocenters. The van der Waals surface area contributed by atoms with E-state index in [9.17, 15) is 4.79 Å². The second-order valence-electron chi connectivity index (χ2n) is 9.00. The molecule has 0 aromatic carbocycles. The Morgan fingerprint density at radius 2 is 1.88 bits per heavy atom. The van der Waals surface area contributed by atoms with Crippen LogP contribution in [0.2, 0.25) is 0 Å². The van der Waals surface area contributed by atoms with Gasteiger partial charge in [0.25, 0.3) is 0 Å². The monoisotopic (exact) mass is 362 g/mol. The van der Waals surface area contributed by atoms with Crippen molar-refractivity contribution in [1.82, 2.24) is 9.80 Å². The lowest BCUT2D eigenvalue weighted by Crippen LogP contribution is -2.47. The number of carbonyl (C=O) groups is 1. The maximum Gasteiger partial charge on any atom is 0.222 e. The van der Waals surface area contributed by atoms with Crippen LogP contribution in [0.3, 0.4) is 0 Å². The largest absolute Gasteiger partial charge is 0.342 e. The maximum absolute atomic E-state index is 12.5. The van der Waals surface area contributed by atoms with Crippen molar-refractivity contribution in [3.05, 3.63) is 21.9 Å². The number of aryl methyl sites for hydroxylation is 1. The molecule has 2 fully saturated rings. The van der Waals surface area contributed by atoms with Gasteiger partial charge in [0.05, 0.1) is 5.54 Å². The summed E-state index contributed by atoms with van der Waals surface area (Å²) in [5.74, 6) is 0.823. The van der Waals surface area contributed by atoms with E-state index in [1.54, 1.807) is 0 Å². The minimum atomic E-state index is 0.194. The van der Waals surface area contributed by atoms with Crippen LogP contribution < -0.4 is 0 Å². The minimum Gasteiger partial charge on any atom is -0.342 e. The second kappa shape index (κ2) is 7.03. The summed E-state index contributed by atoms with van der Waals surface area (Å²) >= 11 is 1.96. The first kappa shape index (κ1) is 18.9. The van der Waals surface area contributed by atoms with Crippen LogP contribution in [0.25, 0.3) is 0 Å². The fourth-order valence-electron chi connectivity index (χ4n) is 4.83. The predicted octanol–water partition coefficient (Wildman–Crippen LogP) is 4.65. The van der Waals surface area contributed by atoms with Crippen molar-refractivity contribution in [2.45, 2.75) is 64.8 Å². The molecular formula is C21H34N2OS. The van der Waals surface area contributed by atoms with Crippen molar-refractivity contribution >= 4 is 17.2 Å². The van der Waals surface area contributed by atoms with Gasteiger partial charge in [-0.1, -0.05) is 13.8 Å². The van der Waals surface area contributed by atoms with Gasteiger partial charge in [0.15, 0.2) is 0 Å². The Kier molecular flexibility index (Phi) is 5.32. The lowest BCUT2D eigenvalue weighted by atomic mass is 9.66. The summed E-state index contributed by atoms with van der Waals surface area (Å²) in [6.07, 6.45) is 6.81. The number of amides is 1. The van der Waals surface area contributed by atoms with Crippen LogP contribution >= 0.6 is 11.3 Å². The average Bonchev–Trinajstić information content (AvgIpc) is 3.15. The molecule has 1 aliphatic heterocycles. The maximum atomic E-state index is 12.5. The van der Waals surface area contributed by atoms with Crippen molar-refractivity contribution < 1.29 is 4.79 Å². The highest BCUT2D eigenvalue weighted by Crippen LogP contribution is 2.52. The molecule has 2 aliphatic rings. The molecule has 1 aliphatic carbocycles. The molecule has 3 nitrogen and oxygen atoms in total. The highest BCUT2D eigenvalue weighted by molar-refractivity contribution is 7.12.